The fraction of sp³-hybridized carbons (Fsp3) is 0.882. The Kier molecular flexibility index (Phi) is 10.1. The van der Waals surface area contributed by atoms with E-state index in [1.54, 1.807) is 6.92 Å². The maximum atomic E-state index is 12.2. The summed E-state index contributed by atoms with van der Waals surface area (Å²) >= 11 is 0. The van der Waals surface area contributed by atoms with Crippen LogP contribution in [-0.4, -0.2) is 25.0 Å². The van der Waals surface area contributed by atoms with Crippen LogP contribution in [0.5, 0.6) is 0 Å². The molecule has 0 aromatic heterocycles. The second-order valence-electron chi connectivity index (χ2n) is 6.61. The van der Waals surface area contributed by atoms with Crippen LogP contribution in [0.2, 0.25) is 0 Å². The summed E-state index contributed by atoms with van der Waals surface area (Å²) in [5.41, 5.74) is -0.433. The highest BCUT2D eigenvalue weighted by molar-refractivity contribution is 5.98. The van der Waals surface area contributed by atoms with E-state index >= 15 is 0 Å². The first-order valence-corrected chi connectivity index (χ1v) is 8.28. The average molecular weight is 299 g/mol. The van der Waals surface area contributed by atoms with E-state index in [1.165, 1.54) is 25.7 Å². The van der Waals surface area contributed by atoms with E-state index in [9.17, 15) is 9.59 Å². The maximum Gasteiger partial charge on any atom is 0.319 e. The van der Waals surface area contributed by atoms with Gasteiger partial charge in [-0.25, -0.2) is 0 Å². The van der Waals surface area contributed by atoms with Crippen molar-refractivity contribution in [3.05, 3.63) is 0 Å². The van der Waals surface area contributed by atoms with Gasteiger partial charge in [-0.05, 0) is 18.8 Å². The molecule has 0 spiro atoms. The van der Waals surface area contributed by atoms with Gasteiger partial charge in [0, 0.05) is 6.54 Å². The second-order valence-corrected chi connectivity index (χ2v) is 6.61. The fourth-order valence-corrected chi connectivity index (χ4v) is 2.30. The Labute approximate surface area is 130 Å². The number of nitrogens with one attached hydrogen (secondary N) is 1. The van der Waals surface area contributed by atoms with Crippen molar-refractivity contribution in [3.8, 4) is 0 Å². The maximum absolute atomic E-state index is 12.2. The normalized spacial score (nSPS) is 12.8. The number of esters is 1. The van der Waals surface area contributed by atoms with Crippen LogP contribution in [0.3, 0.4) is 0 Å². The van der Waals surface area contributed by atoms with Gasteiger partial charge in [0.15, 0.2) is 0 Å². The third-order valence-corrected chi connectivity index (χ3v) is 3.48. The van der Waals surface area contributed by atoms with Crippen molar-refractivity contribution in [3.63, 3.8) is 0 Å². The second kappa shape index (κ2) is 10.6. The van der Waals surface area contributed by atoms with Gasteiger partial charge in [0.05, 0.1) is 6.61 Å². The van der Waals surface area contributed by atoms with Gasteiger partial charge in [-0.2, -0.15) is 0 Å². The topological polar surface area (TPSA) is 55.4 Å². The third kappa shape index (κ3) is 8.74. The van der Waals surface area contributed by atoms with Crippen molar-refractivity contribution in [2.24, 2.45) is 11.3 Å². The number of ether oxygens (including phenoxy) is 1. The molecule has 21 heavy (non-hydrogen) atoms. The van der Waals surface area contributed by atoms with Crippen LogP contribution >= 0.6 is 0 Å². The SMILES string of the molecule is CCCCCCCCNC(=O)C(C(=O)OCC)C(C)(C)C. The standard InChI is InChI=1S/C17H33NO3/c1-6-8-9-10-11-12-13-18-15(19)14(17(3,4)5)16(20)21-7-2/h14H,6-13H2,1-5H3,(H,18,19). The van der Waals surface area contributed by atoms with E-state index in [1.807, 2.05) is 20.8 Å². The minimum atomic E-state index is -0.738. The van der Waals surface area contributed by atoms with Crippen LogP contribution in [0.25, 0.3) is 0 Å². The molecule has 1 atom stereocenters. The molecule has 0 saturated carbocycles. The Morgan fingerprint density at radius 1 is 1.00 bits per heavy atom. The smallest absolute Gasteiger partial charge is 0.319 e. The van der Waals surface area contributed by atoms with Crippen molar-refractivity contribution in [1.82, 2.24) is 5.32 Å². The molecular formula is C17H33NO3. The molecule has 0 aromatic carbocycles. The number of rotatable bonds is 10. The molecule has 0 aliphatic carbocycles. The first-order valence-electron chi connectivity index (χ1n) is 8.28. The summed E-state index contributed by atoms with van der Waals surface area (Å²) in [4.78, 5) is 24.2. The molecule has 4 heteroatoms. The van der Waals surface area contributed by atoms with Gasteiger partial charge in [-0.1, -0.05) is 59.8 Å². The highest BCUT2D eigenvalue weighted by Gasteiger charge is 2.38. The van der Waals surface area contributed by atoms with Gasteiger partial charge in [-0.3, -0.25) is 9.59 Å². The summed E-state index contributed by atoms with van der Waals surface area (Å²) in [5, 5.41) is 2.88. The van der Waals surface area contributed by atoms with Crippen molar-refractivity contribution < 1.29 is 14.3 Å². The molecule has 0 bridgehead atoms. The van der Waals surface area contributed by atoms with Crippen LogP contribution in [0, 0.1) is 11.3 Å². The molecule has 1 N–H and O–H groups in total. The number of hydrogen-bond acceptors (Lipinski definition) is 3. The predicted molar refractivity (Wildman–Crippen MR) is 86.0 cm³/mol. The Hall–Kier alpha value is -1.06. The van der Waals surface area contributed by atoms with Crippen molar-refractivity contribution in [2.45, 2.75) is 73.1 Å². The van der Waals surface area contributed by atoms with Gasteiger partial charge in [0.1, 0.15) is 5.92 Å². The van der Waals surface area contributed by atoms with Crippen molar-refractivity contribution in [1.29, 1.82) is 0 Å². The Balaban J connectivity index is 4.16. The van der Waals surface area contributed by atoms with E-state index in [-0.39, 0.29) is 5.91 Å². The zero-order chi connectivity index (χ0) is 16.3. The molecular weight excluding hydrogens is 266 g/mol. The van der Waals surface area contributed by atoms with Gasteiger partial charge < -0.3 is 10.1 Å². The Morgan fingerprint density at radius 3 is 2.10 bits per heavy atom. The Bertz CT molecular complexity index is 308. The molecule has 124 valence electrons. The minimum absolute atomic E-state index is 0.213. The molecule has 0 heterocycles. The summed E-state index contributed by atoms with van der Waals surface area (Å²) in [6, 6.07) is 0. The summed E-state index contributed by atoms with van der Waals surface area (Å²) in [5.74, 6) is -1.38. The van der Waals surface area contributed by atoms with Gasteiger partial charge >= 0.3 is 5.97 Å². The average Bonchev–Trinajstić information content (AvgIpc) is 2.36. The first-order chi connectivity index (χ1) is 9.84. The molecule has 1 amide bonds. The lowest BCUT2D eigenvalue weighted by atomic mass is 9.80. The lowest BCUT2D eigenvalue weighted by molar-refractivity contribution is -0.156. The van der Waals surface area contributed by atoms with E-state index in [0.29, 0.717) is 13.2 Å². The van der Waals surface area contributed by atoms with Gasteiger partial charge in [0.25, 0.3) is 0 Å². The molecule has 1 unspecified atom stereocenters. The first kappa shape index (κ1) is 19.9. The summed E-state index contributed by atoms with van der Waals surface area (Å²) in [6.07, 6.45) is 7.09. The number of carbonyl (C=O) groups excluding carboxylic acids is 2. The van der Waals surface area contributed by atoms with Gasteiger partial charge in [0.2, 0.25) is 5.91 Å². The highest BCUT2D eigenvalue weighted by atomic mass is 16.5. The van der Waals surface area contributed by atoms with Crippen LogP contribution in [0.15, 0.2) is 0 Å². The molecule has 0 aliphatic heterocycles. The van der Waals surface area contributed by atoms with E-state index in [2.05, 4.69) is 12.2 Å². The molecule has 0 rings (SSSR count). The third-order valence-electron chi connectivity index (χ3n) is 3.48. The highest BCUT2D eigenvalue weighted by Crippen LogP contribution is 2.27. The summed E-state index contributed by atoms with van der Waals surface area (Å²) in [6.45, 7) is 10.6. The zero-order valence-electron chi connectivity index (χ0n) is 14.5. The zero-order valence-corrected chi connectivity index (χ0v) is 14.5. The van der Waals surface area contributed by atoms with E-state index < -0.39 is 17.3 Å². The molecule has 4 nitrogen and oxygen atoms in total. The molecule has 0 aromatic rings. The predicted octanol–water partition coefficient (Wildman–Crippen LogP) is 3.69. The summed E-state index contributed by atoms with van der Waals surface area (Å²) < 4.78 is 5.02. The summed E-state index contributed by atoms with van der Waals surface area (Å²) in [7, 11) is 0. The van der Waals surface area contributed by atoms with Crippen molar-refractivity contribution in [2.75, 3.05) is 13.2 Å². The van der Waals surface area contributed by atoms with Gasteiger partial charge in [-0.15, -0.1) is 0 Å². The number of hydrogen-bond donors (Lipinski definition) is 1. The van der Waals surface area contributed by atoms with Crippen LogP contribution in [0.1, 0.15) is 73.1 Å². The van der Waals surface area contributed by atoms with Crippen LogP contribution in [0.4, 0.5) is 0 Å². The largest absolute Gasteiger partial charge is 0.465 e. The van der Waals surface area contributed by atoms with Crippen LogP contribution in [-0.2, 0) is 14.3 Å². The lowest BCUT2D eigenvalue weighted by Crippen LogP contribution is -2.43. The van der Waals surface area contributed by atoms with Crippen molar-refractivity contribution >= 4 is 11.9 Å². The quantitative estimate of drug-likeness (QED) is 0.380. The number of unbranched alkanes of at least 4 members (excludes halogenated alkanes) is 5. The minimum Gasteiger partial charge on any atom is -0.465 e. The lowest BCUT2D eigenvalue weighted by Gasteiger charge is -2.27. The molecule has 0 radical (unpaired) electrons. The molecule has 0 saturated heterocycles. The van der Waals surface area contributed by atoms with E-state index in [4.69, 9.17) is 4.74 Å². The monoisotopic (exact) mass is 299 g/mol. The fourth-order valence-electron chi connectivity index (χ4n) is 2.30. The Morgan fingerprint density at radius 2 is 1.57 bits per heavy atom. The molecule has 0 fully saturated rings. The van der Waals surface area contributed by atoms with E-state index in [0.717, 1.165) is 12.8 Å². The van der Waals surface area contributed by atoms with Crippen LogP contribution < -0.4 is 5.32 Å². The number of amides is 1. The molecule has 0 aliphatic rings. The number of carbonyl (C=O) groups is 2.